The normalized spacial score (nSPS) is 16.2. The van der Waals surface area contributed by atoms with Crippen LogP contribution in [0.5, 0.6) is 0 Å². The number of nitro groups is 2. The first-order chi connectivity index (χ1) is 5.52. The average molecular weight is 175 g/mol. The van der Waals surface area contributed by atoms with E-state index >= 15 is 0 Å². The Bertz CT molecular complexity index is 261. The van der Waals surface area contributed by atoms with E-state index in [1.54, 1.807) is 0 Å². The highest BCUT2D eigenvalue weighted by atomic mass is 16.7. The van der Waals surface area contributed by atoms with Crippen molar-refractivity contribution in [2.45, 2.75) is 0 Å². The molecule has 0 saturated heterocycles. The quantitative estimate of drug-likeness (QED) is 0.420. The molecule has 66 valence electrons. The Hall–Kier alpha value is -1.90. The smallest absolute Gasteiger partial charge is 0.358 e. The summed E-state index contributed by atoms with van der Waals surface area (Å²) in [5.41, 5.74) is 2.12. The molecule has 0 fully saturated rings. The van der Waals surface area contributed by atoms with Gasteiger partial charge < -0.3 is 10.1 Å². The maximum absolute atomic E-state index is 10.2. The van der Waals surface area contributed by atoms with Gasteiger partial charge in [-0.3, -0.25) is 0 Å². The molecule has 0 aliphatic carbocycles. The van der Waals surface area contributed by atoms with Crippen molar-refractivity contribution in [3.8, 4) is 0 Å². The Morgan fingerprint density at radius 1 is 1.50 bits per heavy atom. The van der Waals surface area contributed by atoms with Crippen molar-refractivity contribution in [1.82, 2.24) is 15.7 Å². The van der Waals surface area contributed by atoms with E-state index in [9.17, 15) is 20.2 Å². The van der Waals surface area contributed by atoms with E-state index in [0.29, 0.717) is 5.12 Å². The molecule has 1 N–H and O–H groups in total. The fraction of sp³-hybridized carbons (Fsp3) is 0.333. The molecule has 0 atom stereocenters. The molecule has 9 nitrogen and oxygen atoms in total. The molecule has 0 bridgehead atoms. The number of hydrogen-bond donors (Lipinski definition) is 1. The van der Waals surface area contributed by atoms with E-state index in [0.717, 1.165) is 11.2 Å². The van der Waals surface area contributed by atoms with Crippen LogP contribution < -0.4 is 5.53 Å². The van der Waals surface area contributed by atoms with Crippen LogP contribution in [0.2, 0.25) is 0 Å². The van der Waals surface area contributed by atoms with Crippen molar-refractivity contribution in [3.63, 3.8) is 0 Å². The molecule has 1 heterocycles. The number of rotatable bonds is 2. The summed E-state index contributed by atoms with van der Waals surface area (Å²) >= 11 is 0. The number of nitrogens with zero attached hydrogens (tertiary/aromatic N) is 4. The summed E-state index contributed by atoms with van der Waals surface area (Å²) < 4.78 is 0. The molecule has 0 aromatic heterocycles. The Labute approximate surface area is 66.1 Å². The van der Waals surface area contributed by atoms with Crippen LogP contribution in [0.4, 0.5) is 0 Å². The molecule has 0 radical (unpaired) electrons. The Morgan fingerprint density at radius 3 is 2.33 bits per heavy atom. The summed E-state index contributed by atoms with van der Waals surface area (Å²) in [5.74, 6) is -0.383. The minimum Gasteiger partial charge on any atom is -0.358 e. The highest BCUT2D eigenvalue weighted by Gasteiger charge is 2.33. The van der Waals surface area contributed by atoms with Crippen LogP contribution in [0.25, 0.3) is 0 Å². The largest absolute Gasteiger partial charge is 0.361 e. The van der Waals surface area contributed by atoms with Crippen molar-refractivity contribution in [2.75, 3.05) is 7.05 Å². The average Bonchev–Trinajstić information content (AvgIpc) is 2.30. The van der Waals surface area contributed by atoms with Gasteiger partial charge in [0.25, 0.3) is 0 Å². The summed E-state index contributed by atoms with van der Waals surface area (Å²) in [6.45, 7) is 0. The molecule has 0 aromatic carbocycles. The minimum absolute atomic E-state index is 0.383. The first-order valence-corrected chi connectivity index (χ1v) is 2.82. The molecule has 0 aromatic rings. The highest BCUT2D eigenvalue weighted by molar-refractivity contribution is 4.89. The fourth-order valence-corrected chi connectivity index (χ4v) is 0.683. The molecule has 1 aliphatic heterocycles. The van der Waals surface area contributed by atoms with Crippen LogP contribution in [0.3, 0.4) is 0 Å². The van der Waals surface area contributed by atoms with Gasteiger partial charge in [-0.15, -0.1) is 0 Å². The van der Waals surface area contributed by atoms with Crippen LogP contribution in [-0.2, 0) is 0 Å². The molecule has 0 unspecified atom stereocenters. The standard InChI is InChI=1S/C3H5N5O4/c1-5-3(7(9)10)2-6(4-5)8(11)12/h2,4H,1H3. The van der Waals surface area contributed by atoms with Crippen molar-refractivity contribution in [3.05, 3.63) is 32.2 Å². The lowest BCUT2D eigenvalue weighted by atomic mass is 10.7. The third-order valence-electron chi connectivity index (χ3n) is 1.20. The van der Waals surface area contributed by atoms with Crippen molar-refractivity contribution < 1.29 is 9.96 Å². The minimum atomic E-state index is -0.812. The zero-order valence-corrected chi connectivity index (χ0v) is 6.00. The Morgan fingerprint density at radius 2 is 2.08 bits per heavy atom. The van der Waals surface area contributed by atoms with Gasteiger partial charge in [0.15, 0.2) is 11.2 Å². The van der Waals surface area contributed by atoms with Crippen molar-refractivity contribution >= 4 is 0 Å². The summed E-state index contributed by atoms with van der Waals surface area (Å²) in [6, 6.07) is 0. The lowest BCUT2D eigenvalue weighted by Gasteiger charge is -2.05. The van der Waals surface area contributed by atoms with Crippen molar-refractivity contribution in [1.29, 1.82) is 0 Å². The lowest BCUT2D eigenvalue weighted by Crippen LogP contribution is -2.41. The zero-order chi connectivity index (χ0) is 9.30. The van der Waals surface area contributed by atoms with Crippen LogP contribution in [-0.4, -0.2) is 27.1 Å². The number of hydrazine groups is 3. The highest BCUT2D eigenvalue weighted by Crippen LogP contribution is 2.08. The maximum atomic E-state index is 10.2. The third kappa shape index (κ3) is 1.25. The van der Waals surface area contributed by atoms with E-state index in [4.69, 9.17) is 0 Å². The van der Waals surface area contributed by atoms with E-state index in [1.807, 2.05) is 0 Å². The summed E-state index contributed by atoms with van der Waals surface area (Å²) in [5, 5.41) is 20.8. The maximum Gasteiger partial charge on any atom is 0.361 e. The van der Waals surface area contributed by atoms with E-state index < -0.39 is 9.96 Å². The van der Waals surface area contributed by atoms with E-state index in [-0.39, 0.29) is 5.82 Å². The molecule has 0 amide bonds. The molecular weight excluding hydrogens is 170 g/mol. The van der Waals surface area contributed by atoms with Gasteiger partial charge in [-0.1, -0.05) is 0 Å². The molecule has 0 saturated carbocycles. The second-order valence-corrected chi connectivity index (χ2v) is 1.99. The zero-order valence-electron chi connectivity index (χ0n) is 6.00. The van der Waals surface area contributed by atoms with Gasteiger partial charge >= 0.3 is 5.82 Å². The topological polar surface area (TPSA) is 105 Å². The number of nitrogens with one attached hydrogen (secondary N) is 1. The molecule has 1 rings (SSSR count). The Kier molecular flexibility index (Phi) is 1.79. The predicted octanol–water partition coefficient (Wildman–Crippen LogP) is -1.08. The van der Waals surface area contributed by atoms with Gasteiger partial charge in [-0.2, -0.15) is 5.01 Å². The second kappa shape index (κ2) is 2.62. The van der Waals surface area contributed by atoms with Crippen LogP contribution in [0, 0.1) is 20.2 Å². The third-order valence-corrected chi connectivity index (χ3v) is 1.20. The molecule has 0 spiro atoms. The van der Waals surface area contributed by atoms with E-state index in [1.165, 1.54) is 7.05 Å². The Balaban J connectivity index is 2.81. The summed E-state index contributed by atoms with van der Waals surface area (Å²) in [7, 11) is 1.30. The van der Waals surface area contributed by atoms with E-state index in [2.05, 4.69) is 5.53 Å². The first-order valence-electron chi connectivity index (χ1n) is 2.82. The number of hydrogen-bond acceptors (Lipinski definition) is 6. The van der Waals surface area contributed by atoms with Crippen LogP contribution in [0.1, 0.15) is 0 Å². The van der Waals surface area contributed by atoms with Gasteiger partial charge in [0.1, 0.15) is 0 Å². The molecule has 9 heteroatoms. The van der Waals surface area contributed by atoms with Crippen LogP contribution >= 0.6 is 0 Å². The molecular formula is C3H5N5O4. The fourth-order valence-electron chi connectivity index (χ4n) is 0.683. The van der Waals surface area contributed by atoms with Crippen molar-refractivity contribution in [2.24, 2.45) is 0 Å². The predicted molar refractivity (Wildman–Crippen MR) is 34.8 cm³/mol. The van der Waals surface area contributed by atoms with Gasteiger partial charge in [0, 0.05) is 5.12 Å². The first kappa shape index (κ1) is 8.20. The SMILES string of the molecule is CN1NN([N+](=O)[O-])C=C1[N+](=O)[O-]. The van der Waals surface area contributed by atoms with Gasteiger partial charge in [-0.05, 0) is 10.5 Å². The van der Waals surface area contributed by atoms with Crippen LogP contribution in [0.15, 0.2) is 12.0 Å². The molecule has 1 aliphatic rings. The van der Waals surface area contributed by atoms with Gasteiger partial charge in [0.05, 0.1) is 7.05 Å². The summed E-state index contributed by atoms with van der Waals surface area (Å²) in [4.78, 5) is 19.6. The lowest BCUT2D eigenvalue weighted by molar-refractivity contribution is -0.657. The summed E-state index contributed by atoms with van der Waals surface area (Å²) in [6.07, 6.45) is 0.778. The van der Waals surface area contributed by atoms with Gasteiger partial charge in [-0.25, -0.2) is 10.1 Å². The van der Waals surface area contributed by atoms with Gasteiger partial charge in [0.2, 0.25) is 0 Å². The molecule has 12 heavy (non-hydrogen) atoms. The monoisotopic (exact) mass is 175 g/mol. The second-order valence-electron chi connectivity index (χ2n) is 1.99.